The van der Waals surface area contributed by atoms with Crippen molar-refractivity contribution in [3.63, 3.8) is 0 Å². The largest absolute Gasteiger partial charge is 0.495 e. The van der Waals surface area contributed by atoms with Crippen LogP contribution in [0.5, 0.6) is 5.75 Å². The molecule has 0 bridgehead atoms. The molecule has 106 valence electrons. The average Bonchev–Trinajstić information content (AvgIpc) is 2.48. The molecule has 2 nitrogen and oxygen atoms in total. The number of methoxy groups -OCH3 is 1. The standard InChI is InChI=1S/C16H17Cl2NO/c1-10(11-6-4-3-5-7-11)16(19)12-8-14(18)15(20-2)9-13(12)17/h3-10,16H,19H2,1-2H3. The number of halogens is 2. The lowest BCUT2D eigenvalue weighted by molar-refractivity contribution is 0.414. The summed E-state index contributed by atoms with van der Waals surface area (Å²) >= 11 is 12.4. The van der Waals surface area contributed by atoms with Gasteiger partial charge >= 0.3 is 0 Å². The second-order valence-corrected chi connectivity index (χ2v) is 5.55. The van der Waals surface area contributed by atoms with Crippen LogP contribution in [-0.2, 0) is 0 Å². The Morgan fingerprint density at radius 3 is 2.30 bits per heavy atom. The van der Waals surface area contributed by atoms with E-state index < -0.39 is 0 Å². The summed E-state index contributed by atoms with van der Waals surface area (Å²) in [6.45, 7) is 2.08. The highest BCUT2D eigenvalue weighted by atomic mass is 35.5. The van der Waals surface area contributed by atoms with Crippen LogP contribution in [0.4, 0.5) is 0 Å². The molecule has 0 heterocycles. The van der Waals surface area contributed by atoms with Crippen LogP contribution in [0.25, 0.3) is 0 Å². The smallest absolute Gasteiger partial charge is 0.138 e. The third kappa shape index (κ3) is 3.09. The minimum Gasteiger partial charge on any atom is -0.495 e. The Morgan fingerprint density at radius 2 is 1.70 bits per heavy atom. The van der Waals surface area contributed by atoms with Gasteiger partial charge in [-0.3, -0.25) is 0 Å². The molecule has 0 fully saturated rings. The molecule has 2 aromatic carbocycles. The van der Waals surface area contributed by atoms with E-state index in [0.717, 1.165) is 5.56 Å². The van der Waals surface area contributed by atoms with E-state index in [0.29, 0.717) is 15.8 Å². The van der Waals surface area contributed by atoms with Crippen molar-refractivity contribution in [2.24, 2.45) is 5.73 Å². The minimum absolute atomic E-state index is 0.137. The molecule has 0 aromatic heterocycles. The first-order valence-electron chi connectivity index (χ1n) is 6.38. The molecule has 2 N–H and O–H groups in total. The van der Waals surface area contributed by atoms with Crippen molar-refractivity contribution >= 4 is 23.2 Å². The van der Waals surface area contributed by atoms with Gasteiger partial charge in [-0.2, -0.15) is 0 Å². The molecule has 0 amide bonds. The van der Waals surface area contributed by atoms with Crippen LogP contribution in [0.15, 0.2) is 42.5 Å². The zero-order chi connectivity index (χ0) is 14.7. The Morgan fingerprint density at radius 1 is 1.05 bits per heavy atom. The van der Waals surface area contributed by atoms with Crippen LogP contribution in [-0.4, -0.2) is 7.11 Å². The summed E-state index contributed by atoms with van der Waals surface area (Å²) in [6, 6.07) is 13.4. The highest BCUT2D eigenvalue weighted by Crippen LogP contribution is 2.37. The molecular formula is C16H17Cl2NO. The summed E-state index contributed by atoms with van der Waals surface area (Å²) in [5.41, 5.74) is 8.34. The second kappa shape index (κ2) is 6.49. The topological polar surface area (TPSA) is 35.2 Å². The summed E-state index contributed by atoms with van der Waals surface area (Å²) in [4.78, 5) is 0. The normalized spacial score (nSPS) is 13.8. The van der Waals surface area contributed by atoms with Crippen molar-refractivity contribution < 1.29 is 4.74 Å². The molecule has 0 aliphatic heterocycles. The molecule has 0 radical (unpaired) electrons. The maximum atomic E-state index is 6.35. The van der Waals surface area contributed by atoms with Gasteiger partial charge in [-0.25, -0.2) is 0 Å². The Hall–Kier alpha value is -1.22. The highest BCUT2D eigenvalue weighted by Gasteiger charge is 2.20. The minimum atomic E-state index is -0.228. The van der Waals surface area contributed by atoms with Crippen molar-refractivity contribution in [2.75, 3.05) is 7.11 Å². The maximum absolute atomic E-state index is 6.35. The third-order valence-corrected chi connectivity index (χ3v) is 4.12. The van der Waals surface area contributed by atoms with Crippen LogP contribution < -0.4 is 10.5 Å². The maximum Gasteiger partial charge on any atom is 0.138 e. The van der Waals surface area contributed by atoms with E-state index in [1.807, 2.05) is 18.2 Å². The van der Waals surface area contributed by atoms with Crippen molar-refractivity contribution in [3.8, 4) is 5.75 Å². The fraction of sp³-hybridized carbons (Fsp3) is 0.250. The monoisotopic (exact) mass is 309 g/mol. The van der Waals surface area contributed by atoms with Gasteiger partial charge in [0.1, 0.15) is 5.75 Å². The van der Waals surface area contributed by atoms with E-state index >= 15 is 0 Å². The Labute approximate surface area is 129 Å². The SMILES string of the molecule is COc1cc(Cl)c(C(N)C(C)c2ccccc2)cc1Cl. The van der Waals surface area contributed by atoms with Crippen molar-refractivity contribution in [3.05, 3.63) is 63.6 Å². The van der Waals surface area contributed by atoms with E-state index in [2.05, 4.69) is 19.1 Å². The van der Waals surface area contributed by atoms with Gasteiger partial charge in [0.15, 0.2) is 0 Å². The Bertz CT molecular complexity index is 587. The van der Waals surface area contributed by atoms with Crippen LogP contribution in [0.1, 0.15) is 30.0 Å². The third-order valence-electron chi connectivity index (χ3n) is 3.49. The number of hydrogen-bond donors (Lipinski definition) is 1. The highest BCUT2D eigenvalue weighted by molar-refractivity contribution is 6.34. The molecule has 0 aliphatic carbocycles. The molecule has 2 atom stereocenters. The first-order chi connectivity index (χ1) is 9.54. The van der Waals surface area contributed by atoms with Crippen molar-refractivity contribution in [2.45, 2.75) is 18.9 Å². The average molecular weight is 310 g/mol. The van der Waals surface area contributed by atoms with E-state index in [1.165, 1.54) is 5.56 Å². The predicted molar refractivity (Wildman–Crippen MR) is 84.8 cm³/mol. The Balaban J connectivity index is 2.34. The summed E-state index contributed by atoms with van der Waals surface area (Å²) < 4.78 is 5.15. The first kappa shape index (κ1) is 15.2. The zero-order valence-electron chi connectivity index (χ0n) is 11.4. The van der Waals surface area contributed by atoms with E-state index in [1.54, 1.807) is 19.2 Å². The lowest BCUT2D eigenvalue weighted by atomic mass is 9.89. The number of nitrogens with two attached hydrogens (primary N) is 1. The quantitative estimate of drug-likeness (QED) is 0.880. The molecule has 0 aliphatic rings. The summed E-state index contributed by atoms with van der Waals surface area (Å²) in [5, 5.41) is 1.09. The van der Waals surface area contributed by atoms with E-state index in [-0.39, 0.29) is 12.0 Å². The molecule has 2 rings (SSSR count). The molecule has 0 saturated heterocycles. The number of benzene rings is 2. The lowest BCUT2D eigenvalue weighted by Crippen LogP contribution is -2.18. The molecule has 4 heteroatoms. The Kier molecular flexibility index (Phi) is 4.92. The number of ether oxygens (including phenoxy) is 1. The van der Waals surface area contributed by atoms with E-state index in [9.17, 15) is 0 Å². The fourth-order valence-corrected chi connectivity index (χ4v) is 2.72. The fourth-order valence-electron chi connectivity index (χ4n) is 2.19. The van der Waals surface area contributed by atoms with Gasteiger partial charge in [-0.1, -0.05) is 60.5 Å². The lowest BCUT2D eigenvalue weighted by Gasteiger charge is -2.22. The van der Waals surface area contributed by atoms with Gasteiger partial charge < -0.3 is 10.5 Å². The van der Waals surface area contributed by atoms with Gasteiger partial charge in [0.25, 0.3) is 0 Å². The van der Waals surface area contributed by atoms with Gasteiger partial charge in [-0.15, -0.1) is 0 Å². The molecular weight excluding hydrogens is 293 g/mol. The van der Waals surface area contributed by atoms with Gasteiger partial charge in [-0.05, 0) is 17.2 Å². The van der Waals surface area contributed by atoms with Crippen molar-refractivity contribution in [1.82, 2.24) is 0 Å². The molecule has 0 saturated carbocycles. The summed E-state index contributed by atoms with van der Waals surface area (Å²) in [7, 11) is 1.56. The van der Waals surface area contributed by atoms with Gasteiger partial charge in [0, 0.05) is 23.0 Å². The van der Waals surface area contributed by atoms with Crippen LogP contribution in [0.3, 0.4) is 0 Å². The zero-order valence-corrected chi connectivity index (χ0v) is 12.9. The molecule has 20 heavy (non-hydrogen) atoms. The first-order valence-corrected chi connectivity index (χ1v) is 7.13. The van der Waals surface area contributed by atoms with Crippen LogP contribution in [0, 0.1) is 0 Å². The van der Waals surface area contributed by atoms with E-state index in [4.69, 9.17) is 33.7 Å². The predicted octanol–water partition coefficient (Wildman–Crippen LogP) is 4.81. The van der Waals surface area contributed by atoms with Crippen LogP contribution >= 0.6 is 23.2 Å². The summed E-state index contributed by atoms with van der Waals surface area (Å²) in [5.74, 6) is 0.693. The summed E-state index contributed by atoms with van der Waals surface area (Å²) in [6.07, 6.45) is 0. The number of hydrogen-bond acceptors (Lipinski definition) is 2. The molecule has 0 spiro atoms. The number of rotatable bonds is 4. The van der Waals surface area contributed by atoms with Crippen molar-refractivity contribution in [1.29, 1.82) is 0 Å². The van der Waals surface area contributed by atoms with Gasteiger partial charge in [0.2, 0.25) is 0 Å². The molecule has 2 unspecified atom stereocenters. The van der Waals surface area contributed by atoms with Crippen LogP contribution in [0.2, 0.25) is 10.0 Å². The second-order valence-electron chi connectivity index (χ2n) is 4.73. The van der Waals surface area contributed by atoms with Gasteiger partial charge in [0.05, 0.1) is 12.1 Å². The molecule has 2 aromatic rings.